The van der Waals surface area contributed by atoms with Crippen LogP contribution in [0.5, 0.6) is 0 Å². The van der Waals surface area contributed by atoms with Gasteiger partial charge in [0.15, 0.2) is 0 Å². The molecule has 0 spiro atoms. The van der Waals surface area contributed by atoms with Crippen LogP contribution in [-0.2, 0) is 0 Å². The minimum absolute atomic E-state index is 0.0872. The van der Waals surface area contributed by atoms with Crippen molar-refractivity contribution in [1.82, 2.24) is 0 Å². The van der Waals surface area contributed by atoms with E-state index in [9.17, 15) is 5.11 Å². The first-order valence-electron chi connectivity index (χ1n) is 6.12. The van der Waals surface area contributed by atoms with Crippen molar-refractivity contribution in [3.8, 4) is 0 Å². The number of aliphatic hydroxyl groups excluding tert-OH is 1. The van der Waals surface area contributed by atoms with E-state index >= 15 is 0 Å². The second-order valence-electron chi connectivity index (χ2n) is 5.74. The Labute approximate surface area is 103 Å². The van der Waals surface area contributed by atoms with E-state index in [4.69, 9.17) is 0 Å². The lowest BCUT2D eigenvalue weighted by Gasteiger charge is -2.24. The van der Waals surface area contributed by atoms with E-state index in [1.807, 2.05) is 24.3 Å². The summed E-state index contributed by atoms with van der Waals surface area (Å²) in [6, 6.07) is 8.02. The molecule has 2 atom stereocenters. The second kappa shape index (κ2) is 4.50. The molecule has 0 aliphatic heterocycles. The molecule has 0 heterocycles. The standard InChI is InChI=1S/C16H20O/c1-16(2,3)11-10-13-9-8-12-6-4-5-7-14(12)15(13)17/h4-11,13,15,17H,1-3H3/b11-10+/t13-,15+/m1/s1. The zero-order chi connectivity index (χ0) is 12.5. The molecule has 2 rings (SSSR count). The van der Waals surface area contributed by atoms with Crippen LogP contribution in [0.4, 0.5) is 0 Å². The van der Waals surface area contributed by atoms with Gasteiger partial charge in [-0.3, -0.25) is 0 Å². The third kappa shape index (κ3) is 2.86. The average molecular weight is 228 g/mol. The highest BCUT2D eigenvalue weighted by Gasteiger charge is 2.22. The molecule has 17 heavy (non-hydrogen) atoms. The third-order valence-corrected chi connectivity index (χ3v) is 3.00. The maximum absolute atomic E-state index is 10.3. The van der Waals surface area contributed by atoms with Gasteiger partial charge in [-0.2, -0.15) is 0 Å². The lowest BCUT2D eigenvalue weighted by molar-refractivity contribution is 0.149. The fourth-order valence-corrected chi connectivity index (χ4v) is 2.03. The molecular weight excluding hydrogens is 208 g/mol. The fourth-order valence-electron chi connectivity index (χ4n) is 2.03. The molecule has 1 aliphatic carbocycles. The van der Waals surface area contributed by atoms with Crippen molar-refractivity contribution in [3.05, 3.63) is 53.6 Å². The van der Waals surface area contributed by atoms with Gasteiger partial charge in [-0.05, 0) is 16.5 Å². The molecule has 0 saturated carbocycles. The zero-order valence-electron chi connectivity index (χ0n) is 10.7. The molecule has 0 unspecified atom stereocenters. The summed E-state index contributed by atoms with van der Waals surface area (Å²) in [5.74, 6) is 0.0872. The molecular formula is C16H20O. The minimum Gasteiger partial charge on any atom is -0.387 e. The van der Waals surface area contributed by atoms with Crippen molar-refractivity contribution in [1.29, 1.82) is 0 Å². The highest BCUT2D eigenvalue weighted by atomic mass is 16.3. The molecule has 0 bridgehead atoms. The molecule has 1 aromatic carbocycles. The normalized spacial score (nSPS) is 24.0. The first-order chi connectivity index (χ1) is 7.97. The van der Waals surface area contributed by atoms with Crippen molar-refractivity contribution in [2.45, 2.75) is 26.9 Å². The number of rotatable bonds is 1. The van der Waals surface area contributed by atoms with Gasteiger partial charge < -0.3 is 5.11 Å². The Hall–Kier alpha value is -1.34. The maximum atomic E-state index is 10.3. The van der Waals surface area contributed by atoms with Gasteiger partial charge in [-0.25, -0.2) is 0 Å². The number of benzene rings is 1. The molecule has 0 aromatic heterocycles. The van der Waals surface area contributed by atoms with Crippen molar-refractivity contribution in [3.63, 3.8) is 0 Å². The number of allylic oxidation sites excluding steroid dienone is 1. The quantitative estimate of drug-likeness (QED) is 0.721. The van der Waals surface area contributed by atoms with Gasteiger partial charge in [0.1, 0.15) is 0 Å². The molecule has 0 radical (unpaired) electrons. The Kier molecular flexibility index (Phi) is 3.21. The number of hydrogen-bond acceptors (Lipinski definition) is 1. The summed E-state index contributed by atoms with van der Waals surface area (Å²) < 4.78 is 0. The Morgan fingerprint density at radius 2 is 1.88 bits per heavy atom. The summed E-state index contributed by atoms with van der Waals surface area (Å²) in [6.45, 7) is 6.49. The van der Waals surface area contributed by atoms with E-state index < -0.39 is 6.10 Å². The fraction of sp³-hybridized carbons (Fsp3) is 0.375. The summed E-state index contributed by atoms with van der Waals surface area (Å²) in [7, 11) is 0. The van der Waals surface area contributed by atoms with Gasteiger partial charge in [0, 0.05) is 5.92 Å². The summed E-state index contributed by atoms with van der Waals surface area (Å²) >= 11 is 0. The number of aliphatic hydroxyl groups is 1. The van der Waals surface area contributed by atoms with Crippen LogP contribution in [-0.4, -0.2) is 5.11 Å². The number of fused-ring (bicyclic) bond motifs is 1. The lowest BCUT2D eigenvalue weighted by atomic mass is 9.85. The third-order valence-electron chi connectivity index (χ3n) is 3.00. The van der Waals surface area contributed by atoms with Gasteiger partial charge in [-0.15, -0.1) is 0 Å². The monoisotopic (exact) mass is 228 g/mol. The van der Waals surface area contributed by atoms with Crippen molar-refractivity contribution in [2.75, 3.05) is 0 Å². The van der Waals surface area contributed by atoms with Gasteiger partial charge >= 0.3 is 0 Å². The highest BCUT2D eigenvalue weighted by Crippen LogP contribution is 2.33. The Morgan fingerprint density at radius 3 is 2.59 bits per heavy atom. The lowest BCUT2D eigenvalue weighted by Crippen LogP contribution is -2.13. The smallest absolute Gasteiger partial charge is 0.0893 e. The average Bonchev–Trinajstić information content (AvgIpc) is 2.27. The van der Waals surface area contributed by atoms with Crippen LogP contribution < -0.4 is 0 Å². The molecule has 1 aromatic rings. The van der Waals surface area contributed by atoms with Crippen molar-refractivity contribution in [2.24, 2.45) is 11.3 Å². The van der Waals surface area contributed by atoms with Crippen LogP contribution in [0.15, 0.2) is 42.5 Å². The van der Waals surface area contributed by atoms with Crippen LogP contribution in [0.3, 0.4) is 0 Å². The van der Waals surface area contributed by atoms with Crippen molar-refractivity contribution >= 4 is 6.08 Å². The Balaban J connectivity index is 2.24. The van der Waals surface area contributed by atoms with Gasteiger partial charge in [0.25, 0.3) is 0 Å². The molecule has 0 fully saturated rings. The predicted molar refractivity (Wildman–Crippen MR) is 72.5 cm³/mol. The minimum atomic E-state index is -0.421. The summed E-state index contributed by atoms with van der Waals surface area (Å²) in [5.41, 5.74) is 2.31. The Bertz CT molecular complexity index is 449. The van der Waals surface area contributed by atoms with Crippen molar-refractivity contribution < 1.29 is 5.11 Å². The van der Waals surface area contributed by atoms with Gasteiger partial charge in [0.05, 0.1) is 6.10 Å². The first kappa shape index (κ1) is 12.1. The molecule has 0 amide bonds. The van der Waals surface area contributed by atoms with Crippen LogP contribution in [0.25, 0.3) is 6.08 Å². The highest BCUT2D eigenvalue weighted by molar-refractivity contribution is 5.58. The first-order valence-corrected chi connectivity index (χ1v) is 6.12. The van der Waals surface area contributed by atoms with Crippen LogP contribution in [0, 0.1) is 11.3 Å². The second-order valence-corrected chi connectivity index (χ2v) is 5.74. The van der Waals surface area contributed by atoms with Gasteiger partial charge in [-0.1, -0.05) is 69.3 Å². The molecule has 0 saturated heterocycles. The zero-order valence-corrected chi connectivity index (χ0v) is 10.7. The number of hydrogen-bond donors (Lipinski definition) is 1. The van der Waals surface area contributed by atoms with Gasteiger partial charge in [0.2, 0.25) is 0 Å². The van der Waals surface area contributed by atoms with E-state index in [0.717, 1.165) is 11.1 Å². The summed E-state index contributed by atoms with van der Waals surface area (Å²) in [4.78, 5) is 0. The van der Waals surface area contributed by atoms with Crippen LogP contribution in [0.2, 0.25) is 0 Å². The Morgan fingerprint density at radius 1 is 1.18 bits per heavy atom. The van der Waals surface area contributed by atoms with E-state index in [1.54, 1.807) is 0 Å². The molecule has 1 nitrogen and oxygen atoms in total. The van der Waals surface area contributed by atoms with Crippen LogP contribution >= 0.6 is 0 Å². The van der Waals surface area contributed by atoms with E-state index in [1.165, 1.54) is 0 Å². The van der Waals surface area contributed by atoms with E-state index in [-0.39, 0.29) is 11.3 Å². The summed E-state index contributed by atoms with van der Waals surface area (Å²) in [6.07, 6.45) is 8.03. The molecule has 90 valence electrons. The molecule has 1 N–H and O–H groups in total. The van der Waals surface area contributed by atoms with Crippen LogP contribution in [0.1, 0.15) is 38.0 Å². The SMILES string of the molecule is CC(C)(C)/C=C/[C@H]1C=Cc2ccccc2[C@H]1O. The largest absolute Gasteiger partial charge is 0.387 e. The molecule has 1 heteroatoms. The van der Waals surface area contributed by atoms with E-state index in [2.05, 4.69) is 45.1 Å². The maximum Gasteiger partial charge on any atom is 0.0893 e. The summed E-state index contributed by atoms with van der Waals surface area (Å²) in [5, 5.41) is 10.3. The molecule has 1 aliphatic rings. The predicted octanol–water partition coefficient (Wildman–Crippen LogP) is 3.97. The topological polar surface area (TPSA) is 20.2 Å². The van der Waals surface area contributed by atoms with E-state index in [0.29, 0.717) is 0 Å².